The Morgan fingerprint density at radius 1 is 0.650 bits per heavy atom. The smallest absolute Gasteiger partial charge is 0.337 e. The van der Waals surface area contributed by atoms with Gasteiger partial charge >= 0.3 is 17.9 Å². The van der Waals surface area contributed by atoms with Crippen LogP contribution in [0.5, 0.6) is 0 Å². The van der Waals surface area contributed by atoms with E-state index in [0.29, 0.717) is 49.7 Å². The van der Waals surface area contributed by atoms with E-state index in [1.165, 1.54) is 0 Å². The molecule has 3 aliphatic heterocycles. The number of aliphatic hydroxyl groups is 10. The van der Waals surface area contributed by atoms with Crippen molar-refractivity contribution in [2.75, 3.05) is 26.9 Å². The maximum absolute atomic E-state index is 13.8. The van der Waals surface area contributed by atoms with Crippen LogP contribution < -0.4 is 0 Å². The maximum Gasteiger partial charge on any atom is 0.337 e. The van der Waals surface area contributed by atoms with Crippen molar-refractivity contribution in [3.63, 3.8) is 0 Å². The van der Waals surface area contributed by atoms with Gasteiger partial charge < -0.3 is 93.7 Å². The predicted octanol–water partition coefficient (Wildman–Crippen LogP) is 1.38. The Hall–Kier alpha value is -3.01. The van der Waals surface area contributed by atoms with E-state index in [1.54, 1.807) is 39.8 Å². The molecule has 7 fully saturated rings. The van der Waals surface area contributed by atoms with Gasteiger partial charge in [0.2, 0.25) is 0 Å². The van der Waals surface area contributed by atoms with Gasteiger partial charge in [0.1, 0.15) is 67.1 Å². The molecular weight excluding hydrogens is 1050 g/mol. The van der Waals surface area contributed by atoms with Crippen molar-refractivity contribution < 1.29 is 108 Å². The van der Waals surface area contributed by atoms with E-state index < -0.39 is 181 Å². The molecule has 0 unspecified atom stereocenters. The molecule has 25 atom stereocenters. The zero-order chi connectivity index (χ0) is 59.1. The van der Waals surface area contributed by atoms with E-state index in [1.807, 2.05) is 13.8 Å². The Bertz CT molecular complexity index is 2370. The molecule has 0 bridgehead atoms. The molecule has 3 heterocycles. The number of hydrogen-bond acceptors (Lipinski definition) is 22. The number of hydrogen-bond donors (Lipinski definition) is 10. The summed E-state index contributed by atoms with van der Waals surface area (Å²) < 4.78 is 54.9. The van der Waals surface area contributed by atoms with E-state index in [0.717, 1.165) is 12.7 Å². The van der Waals surface area contributed by atoms with Crippen LogP contribution in [-0.4, -0.2) is 206 Å². The average Bonchev–Trinajstić information content (AvgIpc) is 3.53. The summed E-state index contributed by atoms with van der Waals surface area (Å²) >= 11 is 0. The Kier molecular flexibility index (Phi) is 18.2. The molecule has 8 rings (SSSR count). The third-order valence-electron chi connectivity index (χ3n) is 21.4. The Labute approximate surface area is 468 Å². The lowest BCUT2D eigenvalue weighted by molar-refractivity contribution is -0.386. The summed E-state index contributed by atoms with van der Waals surface area (Å²) in [7, 11) is 1.08. The zero-order valence-corrected chi connectivity index (χ0v) is 48.3. The minimum absolute atomic E-state index is 0.0393. The van der Waals surface area contributed by atoms with Gasteiger partial charge in [0, 0.05) is 16.6 Å². The SMILES string of the molecule is C/C=C(/C)C(=O)O[C@H]1[C@H](OC(=O)/C(C)=C/C)[C@]2(CO)[C@H](O)C[C@]3(C)C(=CC[C@@H]4[C@@]5(C)CC[C@H](O[C@@H]6O[C@H](C(=O)OC)[C@@H](O)[C@H](O[C@@H]7O[C@@H](CO)[C@H](O)[C@H]7O)[C@H]6O[C@@H]6O[C@H](CO)[C@H](O)[C@H](O)[C@H]6O)C(C)(C)[C@@H]5CC[C@]43C)[C@@H]2CC1(C)C. The predicted molar refractivity (Wildman–Crippen MR) is 280 cm³/mol. The van der Waals surface area contributed by atoms with Gasteiger partial charge in [-0.05, 0) is 112 Å². The second kappa shape index (κ2) is 23.1. The number of aliphatic hydroxyl groups excluding tert-OH is 10. The third kappa shape index (κ3) is 10.1. The first kappa shape index (κ1) is 63.0. The largest absolute Gasteiger partial charge is 0.467 e. The first-order chi connectivity index (χ1) is 37.4. The quantitative estimate of drug-likeness (QED) is 0.0386. The lowest BCUT2D eigenvalue weighted by Gasteiger charge is -2.72. The number of methoxy groups -OCH3 is 1. The third-order valence-corrected chi connectivity index (χ3v) is 21.4. The molecule has 22 nitrogen and oxygen atoms in total. The summed E-state index contributed by atoms with van der Waals surface area (Å²) in [6.45, 7) is 19.6. The van der Waals surface area contributed by atoms with Gasteiger partial charge in [-0.25, -0.2) is 14.4 Å². The Balaban J connectivity index is 1.13. The number of allylic oxidation sites excluding steroid dienone is 4. The van der Waals surface area contributed by atoms with Crippen LogP contribution in [0.25, 0.3) is 0 Å². The zero-order valence-electron chi connectivity index (χ0n) is 48.3. The highest BCUT2D eigenvalue weighted by Gasteiger charge is 2.74. The molecule has 0 aromatic heterocycles. The number of esters is 3. The van der Waals surface area contributed by atoms with Gasteiger partial charge in [-0.2, -0.15) is 0 Å². The molecule has 80 heavy (non-hydrogen) atoms. The summed E-state index contributed by atoms with van der Waals surface area (Å²) in [4.78, 5) is 40.9. The maximum atomic E-state index is 13.8. The van der Waals surface area contributed by atoms with Crippen LogP contribution in [0, 0.1) is 50.2 Å². The van der Waals surface area contributed by atoms with Crippen LogP contribution in [0.15, 0.2) is 34.9 Å². The van der Waals surface area contributed by atoms with Crippen LogP contribution in [-0.2, 0) is 57.0 Å². The molecule has 22 heteroatoms. The van der Waals surface area contributed by atoms with E-state index in [4.69, 9.17) is 42.6 Å². The standard InChI is InChI=1S/C58H90O22/c1-13-26(3)47(69)79-45-46(80-48(70)27(4)14-2)58(25-61)29(21-53(45,5)6)28-15-16-33-55(9)19-18-35(54(7,8)32(55)17-20-56(33,10)57(28,11)22-34(58)62)75-52-44(78-51-40(67)38(65)36(63)30(23-59)73-51)42(41(68)43(77-52)49(71)72-12)76-50-39(66)37(64)31(24-60)74-50/h13-15,29-46,50-52,59-68H,16-25H2,1-12H3/b26-13-,27-14+/t29-,30+,31-,32-,33+,34+,35-,36-,37-,38-,39+,40+,41-,42-,43-,44+,45-,46-,50-,51-,52+,55-,56+,57+,58-/m0/s1. The minimum atomic E-state index is -1.97. The highest BCUT2D eigenvalue weighted by atomic mass is 16.8. The van der Waals surface area contributed by atoms with Crippen LogP contribution in [0.4, 0.5) is 0 Å². The van der Waals surface area contributed by atoms with Crippen molar-refractivity contribution in [3.8, 4) is 0 Å². The van der Waals surface area contributed by atoms with Gasteiger partial charge in [-0.15, -0.1) is 0 Å². The molecule has 3 saturated heterocycles. The molecule has 0 aromatic rings. The summed E-state index contributed by atoms with van der Waals surface area (Å²) in [6, 6.07) is 0. The second-order valence-corrected chi connectivity index (χ2v) is 26.2. The fraction of sp³-hybridized carbons (Fsp3) is 0.845. The van der Waals surface area contributed by atoms with Crippen LogP contribution >= 0.6 is 0 Å². The minimum Gasteiger partial charge on any atom is -0.467 e. The van der Waals surface area contributed by atoms with Gasteiger partial charge in [-0.1, -0.05) is 72.3 Å². The number of fused-ring (bicyclic) bond motifs is 7. The van der Waals surface area contributed by atoms with Gasteiger partial charge in [0.15, 0.2) is 31.1 Å². The molecule has 4 saturated carbocycles. The average molecular weight is 1140 g/mol. The van der Waals surface area contributed by atoms with Gasteiger partial charge in [0.25, 0.3) is 0 Å². The highest BCUT2D eigenvalue weighted by molar-refractivity contribution is 5.89. The van der Waals surface area contributed by atoms with Crippen LogP contribution in [0.3, 0.4) is 0 Å². The monoisotopic (exact) mass is 1140 g/mol. The number of carbonyl (C=O) groups is 3. The molecule has 5 aliphatic carbocycles. The van der Waals surface area contributed by atoms with Crippen LogP contribution in [0.2, 0.25) is 0 Å². The first-order valence-corrected chi connectivity index (χ1v) is 28.4. The molecule has 454 valence electrons. The Morgan fingerprint density at radius 3 is 1.75 bits per heavy atom. The number of carbonyl (C=O) groups excluding carboxylic acids is 3. The Morgan fingerprint density at radius 2 is 1.20 bits per heavy atom. The van der Waals surface area contributed by atoms with Crippen molar-refractivity contribution in [3.05, 3.63) is 34.9 Å². The van der Waals surface area contributed by atoms with Gasteiger partial charge in [0.05, 0.1) is 44.6 Å². The van der Waals surface area contributed by atoms with Crippen molar-refractivity contribution in [2.45, 2.75) is 232 Å². The fourth-order valence-corrected chi connectivity index (χ4v) is 16.3. The van der Waals surface area contributed by atoms with Gasteiger partial charge in [-0.3, -0.25) is 0 Å². The van der Waals surface area contributed by atoms with E-state index in [-0.39, 0.29) is 23.7 Å². The van der Waals surface area contributed by atoms with E-state index in [9.17, 15) is 65.4 Å². The normalized spacial score (nSPS) is 48.1. The molecule has 10 N–H and O–H groups in total. The lowest BCUT2D eigenvalue weighted by atomic mass is 9.33. The fourth-order valence-electron chi connectivity index (χ4n) is 16.3. The van der Waals surface area contributed by atoms with Crippen molar-refractivity contribution in [1.29, 1.82) is 0 Å². The lowest BCUT2D eigenvalue weighted by Crippen LogP contribution is -2.72. The molecule has 0 radical (unpaired) electrons. The van der Waals surface area contributed by atoms with E-state index in [2.05, 4.69) is 40.7 Å². The van der Waals surface area contributed by atoms with Crippen molar-refractivity contribution in [1.82, 2.24) is 0 Å². The summed E-state index contributed by atoms with van der Waals surface area (Å²) in [5.74, 6) is -2.75. The number of rotatable bonds is 14. The molecule has 0 aromatic carbocycles. The molecule has 8 aliphatic rings. The molecule has 0 spiro atoms. The van der Waals surface area contributed by atoms with Crippen molar-refractivity contribution in [2.24, 2.45) is 50.2 Å². The summed E-state index contributed by atoms with van der Waals surface area (Å²) in [6.07, 6.45) is -19.1. The second-order valence-electron chi connectivity index (χ2n) is 26.2. The highest BCUT2D eigenvalue weighted by Crippen LogP contribution is 2.76. The van der Waals surface area contributed by atoms with E-state index >= 15 is 0 Å². The topological polar surface area (TPSA) is 337 Å². The molecule has 0 amide bonds. The number of ether oxygens (including phenoxy) is 9. The summed E-state index contributed by atoms with van der Waals surface area (Å²) in [5.41, 5.74) is -2.60. The van der Waals surface area contributed by atoms with Crippen molar-refractivity contribution >= 4 is 17.9 Å². The summed E-state index contributed by atoms with van der Waals surface area (Å²) in [5, 5.41) is 111. The van der Waals surface area contributed by atoms with Crippen LogP contribution in [0.1, 0.15) is 121 Å². The molecular formula is C58H90O22. The first-order valence-electron chi connectivity index (χ1n) is 28.4.